The molecule has 0 bridgehead atoms. The largest absolute Gasteiger partial charge is 0.368 e. The van der Waals surface area contributed by atoms with E-state index in [1.807, 2.05) is 13.8 Å². The quantitative estimate of drug-likeness (QED) is 0.779. The Morgan fingerprint density at radius 2 is 2.56 bits per heavy atom. The lowest BCUT2D eigenvalue weighted by Gasteiger charge is -2.17. The maximum absolute atomic E-state index is 11.9. The highest BCUT2D eigenvalue weighted by Crippen LogP contribution is 2.20. The zero-order valence-electron chi connectivity index (χ0n) is 9.43. The van der Waals surface area contributed by atoms with Gasteiger partial charge < -0.3 is 10.1 Å². The fourth-order valence-corrected chi connectivity index (χ4v) is 1.82. The molecule has 1 amide bonds. The molecule has 1 aromatic rings. The molecule has 0 aliphatic carbocycles. The zero-order valence-corrected chi connectivity index (χ0v) is 9.43. The van der Waals surface area contributed by atoms with E-state index in [2.05, 4.69) is 20.5 Å². The Morgan fingerprint density at radius 1 is 1.75 bits per heavy atom. The third kappa shape index (κ3) is 2.21. The second-order valence-electron chi connectivity index (χ2n) is 4.16. The summed E-state index contributed by atoms with van der Waals surface area (Å²) in [5.41, 5.74) is 0. The van der Waals surface area contributed by atoms with E-state index in [-0.39, 0.29) is 24.0 Å². The summed E-state index contributed by atoms with van der Waals surface area (Å²) in [5, 5.41) is 9.33. The molecule has 2 heterocycles. The minimum absolute atomic E-state index is 0.0751. The number of hydrogen-bond donors (Lipinski definition) is 2. The van der Waals surface area contributed by atoms with E-state index >= 15 is 0 Å². The summed E-state index contributed by atoms with van der Waals surface area (Å²) in [6.07, 6.45) is 2.03. The zero-order chi connectivity index (χ0) is 11.5. The predicted molar refractivity (Wildman–Crippen MR) is 56.5 cm³/mol. The maximum atomic E-state index is 11.9. The second-order valence-corrected chi connectivity index (χ2v) is 4.16. The topological polar surface area (TPSA) is 79.9 Å². The van der Waals surface area contributed by atoms with Crippen LogP contribution < -0.4 is 5.32 Å². The van der Waals surface area contributed by atoms with Gasteiger partial charge in [0.1, 0.15) is 18.3 Å². The number of amides is 1. The highest BCUT2D eigenvalue weighted by atomic mass is 16.5. The van der Waals surface area contributed by atoms with Gasteiger partial charge in [-0.25, -0.2) is 4.98 Å². The second kappa shape index (κ2) is 4.61. The van der Waals surface area contributed by atoms with Crippen LogP contribution in [0.1, 0.15) is 32.1 Å². The van der Waals surface area contributed by atoms with Gasteiger partial charge in [0.25, 0.3) is 0 Å². The summed E-state index contributed by atoms with van der Waals surface area (Å²) < 4.78 is 5.39. The molecule has 0 spiro atoms. The summed E-state index contributed by atoms with van der Waals surface area (Å²) >= 11 is 0. The van der Waals surface area contributed by atoms with Gasteiger partial charge in [0, 0.05) is 6.61 Å². The monoisotopic (exact) mass is 224 g/mol. The van der Waals surface area contributed by atoms with Crippen LogP contribution >= 0.6 is 0 Å². The lowest BCUT2D eigenvalue weighted by molar-refractivity contribution is -0.132. The smallest absolute Gasteiger partial charge is 0.249 e. The van der Waals surface area contributed by atoms with E-state index in [1.54, 1.807) is 0 Å². The molecule has 6 heteroatoms. The molecule has 3 unspecified atom stereocenters. The van der Waals surface area contributed by atoms with Crippen molar-refractivity contribution in [2.75, 3.05) is 6.61 Å². The van der Waals surface area contributed by atoms with E-state index in [0.717, 1.165) is 6.42 Å². The first kappa shape index (κ1) is 11.1. The van der Waals surface area contributed by atoms with Crippen LogP contribution in [0, 0.1) is 5.92 Å². The molecule has 0 radical (unpaired) electrons. The van der Waals surface area contributed by atoms with Crippen LogP contribution in [-0.4, -0.2) is 33.8 Å². The molecule has 0 aromatic carbocycles. The van der Waals surface area contributed by atoms with E-state index in [9.17, 15) is 4.79 Å². The first-order chi connectivity index (χ1) is 7.68. The molecule has 1 aliphatic rings. The fourth-order valence-electron chi connectivity index (χ4n) is 1.82. The predicted octanol–water partition coefficient (Wildman–Crippen LogP) is 0.407. The van der Waals surface area contributed by atoms with Crippen LogP contribution in [0.5, 0.6) is 0 Å². The summed E-state index contributed by atoms with van der Waals surface area (Å²) in [7, 11) is 0. The Kier molecular flexibility index (Phi) is 3.19. The van der Waals surface area contributed by atoms with Gasteiger partial charge in [0.2, 0.25) is 5.91 Å². The standard InChI is InChI=1S/C10H16N4O2/c1-6-3-4-16-8(6)10(15)13-7(2)9-11-5-12-14-9/h5-8H,3-4H2,1-2H3,(H,13,15)(H,11,12,14). The number of hydrogen-bond acceptors (Lipinski definition) is 4. The van der Waals surface area contributed by atoms with Crippen LogP contribution in [0.15, 0.2) is 6.33 Å². The van der Waals surface area contributed by atoms with Crippen LogP contribution in [0.3, 0.4) is 0 Å². The number of nitrogens with one attached hydrogen (secondary N) is 2. The number of H-pyrrole nitrogens is 1. The lowest BCUT2D eigenvalue weighted by atomic mass is 10.0. The van der Waals surface area contributed by atoms with Crippen LogP contribution in [0.25, 0.3) is 0 Å². The molecule has 16 heavy (non-hydrogen) atoms. The highest BCUT2D eigenvalue weighted by molar-refractivity contribution is 5.81. The highest BCUT2D eigenvalue weighted by Gasteiger charge is 2.31. The van der Waals surface area contributed by atoms with Crippen molar-refractivity contribution in [1.29, 1.82) is 0 Å². The fraction of sp³-hybridized carbons (Fsp3) is 0.700. The van der Waals surface area contributed by atoms with Gasteiger partial charge in [0.15, 0.2) is 0 Å². The van der Waals surface area contributed by atoms with E-state index in [0.29, 0.717) is 12.4 Å². The van der Waals surface area contributed by atoms with Gasteiger partial charge in [-0.1, -0.05) is 6.92 Å². The number of ether oxygens (including phenoxy) is 1. The Hall–Kier alpha value is -1.43. The molecular weight excluding hydrogens is 208 g/mol. The van der Waals surface area contributed by atoms with E-state index in [4.69, 9.17) is 4.74 Å². The average molecular weight is 224 g/mol. The van der Waals surface area contributed by atoms with Gasteiger partial charge in [-0.15, -0.1) is 0 Å². The van der Waals surface area contributed by atoms with Crippen molar-refractivity contribution in [2.45, 2.75) is 32.4 Å². The lowest BCUT2D eigenvalue weighted by Crippen LogP contribution is -2.38. The molecule has 1 aliphatic heterocycles. The Balaban J connectivity index is 1.92. The molecule has 0 saturated carbocycles. The van der Waals surface area contributed by atoms with Crippen molar-refractivity contribution in [2.24, 2.45) is 5.92 Å². The van der Waals surface area contributed by atoms with E-state index < -0.39 is 0 Å². The van der Waals surface area contributed by atoms with Gasteiger partial charge in [-0.3, -0.25) is 9.89 Å². The molecule has 88 valence electrons. The first-order valence-electron chi connectivity index (χ1n) is 5.45. The number of nitrogens with zero attached hydrogens (tertiary/aromatic N) is 2. The minimum atomic E-state index is -0.328. The number of carbonyl (C=O) groups excluding carboxylic acids is 1. The average Bonchev–Trinajstić information content (AvgIpc) is 2.86. The van der Waals surface area contributed by atoms with Crippen molar-refractivity contribution in [1.82, 2.24) is 20.5 Å². The van der Waals surface area contributed by atoms with Crippen LogP contribution in [0.4, 0.5) is 0 Å². The molecule has 2 N–H and O–H groups in total. The number of rotatable bonds is 3. The molecular formula is C10H16N4O2. The molecule has 1 saturated heterocycles. The molecule has 2 rings (SSSR count). The Labute approximate surface area is 93.8 Å². The third-order valence-corrected chi connectivity index (χ3v) is 2.85. The van der Waals surface area contributed by atoms with Crippen molar-refractivity contribution in [3.8, 4) is 0 Å². The van der Waals surface area contributed by atoms with Gasteiger partial charge in [-0.2, -0.15) is 5.10 Å². The van der Waals surface area contributed by atoms with Gasteiger partial charge >= 0.3 is 0 Å². The first-order valence-corrected chi connectivity index (χ1v) is 5.45. The summed E-state index contributed by atoms with van der Waals surface area (Å²) in [5.74, 6) is 0.856. The number of carbonyl (C=O) groups is 1. The van der Waals surface area contributed by atoms with Gasteiger partial charge in [-0.05, 0) is 19.3 Å². The summed E-state index contributed by atoms with van der Waals surface area (Å²) in [6, 6.07) is -0.175. The number of aromatic amines is 1. The van der Waals surface area contributed by atoms with Crippen molar-refractivity contribution >= 4 is 5.91 Å². The normalized spacial score (nSPS) is 26.6. The van der Waals surface area contributed by atoms with E-state index in [1.165, 1.54) is 6.33 Å². The molecule has 6 nitrogen and oxygen atoms in total. The van der Waals surface area contributed by atoms with Crippen molar-refractivity contribution in [3.63, 3.8) is 0 Å². The Morgan fingerprint density at radius 3 is 3.12 bits per heavy atom. The minimum Gasteiger partial charge on any atom is -0.368 e. The molecule has 1 aromatic heterocycles. The SMILES string of the molecule is CC(NC(=O)C1OCCC1C)c1ncn[nH]1. The summed E-state index contributed by atoms with van der Waals surface area (Å²) in [6.45, 7) is 4.55. The number of aromatic nitrogens is 3. The van der Waals surface area contributed by atoms with Crippen LogP contribution in [0.2, 0.25) is 0 Å². The molecule has 3 atom stereocenters. The van der Waals surface area contributed by atoms with Crippen molar-refractivity contribution in [3.05, 3.63) is 12.2 Å². The molecule has 1 fully saturated rings. The Bertz CT molecular complexity index is 352. The third-order valence-electron chi connectivity index (χ3n) is 2.85. The summed E-state index contributed by atoms with van der Waals surface area (Å²) in [4.78, 5) is 15.9. The van der Waals surface area contributed by atoms with Crippen LogP contribution in [-0.2, 0) is 9.53 Å². The maximum Gasteiger partial charge on any atom is 0.249 e. The van der Waals surface area contributed by atoms with Gasteiger partial charge in [0.05, 0.1) is 6.04 Å². The van der Waals surface area contributed by atoms with Crippen molar-refractivity contribution < 1.29 is 9.53 Å².